The molecule has 0 radical (unpaired) electrons. The molecular formula is C31H32FN5O6. The second-order valence-electron chi connectivity index (χ2n) is 11.8. The fourth-order valence-corrected chi connectivity index (χ4v) is 6.89. The summed E-state index contributed by atoms with van der Waals surface area (Å²) in [7, 11) is 0. The number of aryl methyl sites for hydroxylation is 1. The zero-order valence-corrected chi connectivity index (χ0v) is 24.0. The summed E-state index contributed by atoms with van der Waals surface area (Å²) in [6.45, 7) is 3.47. The quantitative estimate of drug-likeness (QED) is 0.219. The van der Waals surface area contributed by atoms with Gasteiger partial charge in [0.15, 0.2) is 0 Å². The topological polar surface area (TPSA) is 155 Å². The van der Waals surface area contributed by atoms with E-state index in [1.165, 1.54) is 6.07 Å². The third-order valence-corrected chi connectivity index (χ3v) is 9.42. The van der Waals surface area contributed by atoms with Gasteiger partial charge in [0.2, 0.25) is 5.91 Å². The van der Waals surface area contributed by atoms with Gasteiger partial charge in [-0.3, -0.25) is 19.2 Å². The first-order valence-corrected chi connectivity index (χ1v) is 14.7. The van der Waals surface area contributed by atoms with Crippen LogP contribution in [0.15, 0.2) is 16.9 Å². The molecule has 0 spiro atoms. The Hall–Kier alpha value is -4.16. The molecule has 0 bridgehead atoms. The number of nitrogens with one attached hydrogen (secondary N) is 2. The van der Waals surface area contributed by atoms with Crippen LogP contribution in [-0.2, 0) is 43.4 Å². The Morgan fingerprint density at radius 1 is 1.23 bits per heavy atom. The number of nitrogens with two attached hydrogens (primary N) is 1. The number of ether oxygens (including phenoxy) is 2. The van der Waals surface area contributed by atoms with Gasteiger partial charge in [0.25, 0.3) is 11.5 Å². The molecule has 7 rings (SSSR count). The van der Waals surface area contributed by atoms with E-state index in [1.807, 2.05) is 13.0 Å². The van der Waals surface area contributed by atoms with Crippen molar-refractivity contribution in [3.05, 3.63) is 61.7 Å². The van der Waals surface area contributed by atoms with Crippen molar-refractivity contribution in [3.63, 3.8) is 0 Å². The molecule has 3 aromatic rings. The standard InChI is InChI=1S/C31H32FN5O6/c1-3-15-17-8-23-27-18(11-37(23)28(39)19(17)12-42-29(15)40)26-21(5-4-16-14(2)20(32)9-22(35-27)25(16)26)36-30(41)31(6-7-31)43-13-34-24(38)10-33/h8-9,15,21H,3-7,10-13,33H2,1-2H3,(H,34,38)(H,36,41)/t15-,21+/m1/s1. The zero-order valence-electron chi connectivity index (χ0n) is 24.0. The number of aromatic nitrogens is 2. The van der Waals surface area contributed by atoms with Crippen molar-refractivity contribution in [1.82, 2.24) is 20.2 Å². The number of carbonyl (C=O) groups is 3. The molecule has 0 unspecified atom stereocenters. The maximum Gasteiger partial charge on any atom is 0.313 e. The zero-order chi connectivity index (χ0) is 30.2. The summed E-state index contributed by atoms with van der Waals surface area (Å²) in [4.78, 5) is 56.3. The molecule has 2 atom stereocenters. The first-order valence-electron chi connectivity index (χ1n) is 14.7. The molecule has 2 amide bonds. The van der Waals surface area contributed by atoms with Crippen LogP contribution in [0.2, 0.25) is 0 Å². The molecule has 1 fully saturated rings. The number of hydrogen-bond acceptors (Lipinski definition) is 8. The van der Waals surface area contributed by atoms with Crippen molar-refractivity contribution < 1.29 is 28.2 Å². The Bertz CT molecular complexity index is 1810. The van der Waals surface area contributed by atoms with Gasteiger partial charge < -0.3 is 30.4 Å². The molecule has 4 aliphatic rings. The van der Waals surface area contributed by atoms with Crippen molar-refractivity contribution in [2.75, 3.05) is 13.3 Å². The van der Waals surface area contributed by atoms with E-state index in [0.717, 1.165) is 22.1 Å². The SMILES string of the molecule is CC[C@H]1C(=O)OCc2c1cc1n(c2=O)Cc2c-1nc1cc(F)c(C)c3c1c2[C@@H](NC(=O)C1(OCNC(=O)CN)CC1)CC3. The third kappa shape index (κ3) is 4.18. The molecule has 4 heterocycles. The number of cyclic esters (lactones) is 1. The first kappa shape index (κ1) is 27.7. The number of benzene rings is 1. The van der Waals surface area contributed by atoms with Gasteiger partial charge >= 0.3 is 5.97 Å². The smallest absolute Gasteiger partial charge is 0.313 e. The van der Waals surface area contributed by atoms with Gasteiger partial charge in [-0.05, 0) is 67.3 Å². The van der Waals surface area contributed by atoms with Crippen LogP contribution in [0.1, 0.15) is 77.9 Å². The Balaban J connectivity index is 1.33. The van der Waals surface area contributed by atoms with Gasteiger partial charge in [0.1, 0.15) is 24.8 Å². The molecule has 2 aliphatic carbocycles. The summed E-state index contributed by atoms with van der Waals surface area (Å²) in [6, 6.07) is 2.84. The van der Waals surface area contributed by atoms with E-state index in [0.29, 0.717) is 65.7 Å². The maximum absolute atomic E-state index is 15.1. The van der Waals surface area contributed by atoms with Gasteiger partial charge in [-0.1, -0.05) is 6.92 Å². The summed E-state index contributed by atoms with van der Waals surface area (Å²) >= 11 is 0. The largest absolute Gasteiger partial charge is 0.460 e. The molecule has 2 aliphatic heterocycles. The molecule has 11 nitrogen and oxygen atoms in total. The fraction of sp³-hybridized carbons (Fsp3) is 0.452. The van der Waals surface area contributed by atoms with E-state index in [2.05, 4.69) is 10.6 Å². The number of halogens is 1. The summed E-state index contributed by atoms with van der Waals surface area (Å²) in [6.07, 6.45) is 2.58. The van der Waals surface area contributed by atoms with E-state index in [9.17, 15) is 19.2 Å². The van der Waals surface area contributed by atoms with Crippen LogP contribution in [0.5, 0.6) is 0 Å². The molecule has 4 N–H and O–H groups in total. The first-order chi connectivity index (χ1) is 20.7. The average molecular weight is 590 g/mol. The Morgan fingerprint density at radius 3 is 2.74 bits per heavy atom. The lowest BCUT2D eigenvalue weighted by atomic mass is 9.81. The lowest BCUT2D eigenvalue weighted by Crippen LogP contribution is -2.44. The number of nitrogens with zero attached hydrogens (tertiary/aromatic N) is 2. The van der Waals surface area contributed by atoms with E-state index in [-0.39, 0.29) is 55.6 Å². The van der Waals surface area contributed by atoms with Crippen LogP contribution in [0, 0.1) is 12.7 Å². The van der Waals surface area contributed by atoms with Crippen molar-refractivity contribution in [2.24, 2.45) is 5.73 Å². The molecule has 1 saturated carbocycles. The summed E-state index contributed by atoms with van der Waals surface area (Å²) < 4.78 is 27.9. The van der Waals surface area contributed by atoms with Crippen molar-refractivity contribution in [3.8, 4) is 11.4 Å². The Kier molecular flexibility index (Phi) is 6.40. The minimum Gasteiger partial charge on any atom is -0.460 e. The van der Waals surface area contributed by atoms with Gasteiger partial charge in [-0.25, -0.2) is 9.37 Å². The maximum atomic E-state index is 15.1. The lowest BCUT2D eigenvalue weighted by molar-refractivity contribution is -0.148. The number of pyridine rings is 2. The molecule has 12 heteroatoms. The van der Waals surface area contributed by atoms with E-state index in [1.54, 1.807) is 11.5 Å². The summed E-state index contributed by atoms with van der Waals surface area (Å²) in [5.41, 5.74) is 9.75. The second kappa shape index (κ2) is 9.95. The normalized spacial score (nSPS) is 20.6. The van der Waals surface area contributed by atoms with Gasteiger partial charge in [-0.15, -0.1) is 0 Å². The highest BCUT2D eigenvalue weighted by Crippen LogP contribution is 2.47. The number of amides is 2. The van der Waals surface area contributed by atoms with E-state index >= 15 is 4.39 Å². The van der Waals surface area contributed by atoms with Crippen LogP contribution < -0.4 is 21.9 Å². The Morgan fingerprint density at radius 2 is 2.02 bits per heavy atom. The molecule has 1 aromatic carbocycles. The van der Waals surface area contributed by atoms with E-state index in [4.69, 9.17) is 20.2 Å². The molecule has 224 valence electrons. The van der Waals surface area contributed by atoms with E-state index < -0.39 is 17.6 Å². The molecular weight excluding hydrogens is 557 g/mol. The average Bonchev–Trinajstić information content (AvgIpc) is 3.70. The summed E-state index contributed by atoms with van der Waals surface area (Å²) in [5.74, 6) is -1.93. The number of esters is 1. The van der Waals surface area contributed by atoms with Crippen molar-refractivity contribution in [1.29, 1.82) is 0 Å². The predicted molar refractivity (Wildman–Crippen MR) is 152 cm³/mol. The van der Waals surface area contributed by atoms with Crippen LogP contribution in [-0.4, -0.2) is 46.2 Å². The van der Waals surface area contributed by atoms with Crippen LogP contribution >= 0.6 is 0 Å². The van der Waals surface area contributed by atoms with Gasteiger partial charge in [-0.2, -0.15) is 0 Å². The van der Waals surface area contributed by atoms with Crippen LogP contribution in [0.4, 0.5) is 4.39 Å². The predicted octanol–water partition coefficient (Wildman–Crippen LogP) is 2.11. The highest BCUT2D eigenvalue weighted by Gasteiger charge is 2.52. The molecule has 43 heavy (non-hydrogen) atoms. The van der Waals surface area contributed by atoms with Crippen molar-refractivity contribution in [2.45, 2.75) is 76.7 Å². The number of hydrogen-bond donors (Lipinski definition) is 3. The summed E-state index contributed by atoms with van der Waals surface area (Å²) in [5, 5.41) is 6.52. The van der Waals surface area contributed by atoms with Gasteiger partial charge in [0, 0.05) is 17.0 Å². The number of fused-ring (bicyclic) bond motifs is 5. The van der Waals surface area contributed by atoms with Crippen LogP contribution in [0.3, 0.4) is 0 Å². The lowest BCUT2D eigenvalue weighted by Gasteiger charge is -2.31. The molecule has 2 aromatic heterocycles. The third-order valence-electron chi connectivity index (χ3n) is 9.42. The highest BCUT2D eigenvalue weighted by atomic mass is 19.1. The van der Waals surface area contributed by atoms with Crippen molar-refractivity contribution >= 4 is 28.7 Å². The monoisotopic (exact) mass is 589 g/mol. The minimum atomic E-state index is -1.04. The van der Waals surface area contributed by atoms with Gasteiger partial charge in [0.05, 0.1) is 47.5 Å². The minimum absolute atomic E-state index is 0.0799. The number of carbonyl (C=O) groups excluding carboxylic acids is 3. The van der Waals surface area contributed by atoms with Crippen LogP contribution in [0.25, 0.3) is 22.3 Å². The number of rotatable bonds is 7. The fourth-order valence-electron chi connectivity index (χ4n) is 6.89. The highest BCUT2D eigenvalue weighted by molar-refractivity contribution is 5.95. The molecule has 0 saturated heterocycles. The Labute approximate surface area is 245 Å². The second-order valence-corrected chi connectivity index (χ2v) is 11.8.